The number of aryl methyl sites for hydroxylation is 2. The zero-order valence-electron chi connectivity index (χ0n) is 14.6. The molecular formula is C19H25N3O. The van der Waals surface area contributed by atoms with Crippen LogP contribution in [-0.4, -0.2) is 27.1 Å². The van der Waals surface area contributed by atoms with Crippen molar-refractivity contribution in [2.45, 2.75) is 40.2 Å². The molecule has 23 heavy (non-hydrogen) atoms. The molecule has 0 saturated carbocycles. The fraction of sp³-hybridized carbons (Fsp3) is 0.474. The SMILES string of the molecule is Cc1nn(C)c(C)c1CC(=O)N1CC(C)(C)C1c1ccccc1. The molecule has 0 bridgehead atoms. The maximum absolute atomic E-state index is 12.9. The molecule has 4 nitrogen and oxygen atoms in total. The van der Waals surface area contributed by atoms with E-state index in [0.29, 0.717) is 6.42 Å². The number of nitrogens with zero attached hydrogens (tertiary/aromatic N) is 3. The van der Waals surface area contributed by atoms with E-state index < -0.39 is 0 Å². The highest BCUT2D eigenvalue weighted by atomic mass is 16.2. The van der Waals surface area contributed by atoms with Gasteiger partial charge in [-0.2, -0.15) is 5.10 Å². The lowest BCUT2D eigenvalue weighted by Crippen LogP contribution is -2.58. The lowest BCUT2D eigenvalue weighted by atomic mass is 9.71. The number of carbonyl (C=O) groups is 1. The molecular weight excluding hydrogens is 286 g/mol. The predicted octanol–water partition coefficient (Wildman–Crippen LogP) is 3.19. The number of carbonyl (C=O) groups excluding carboxylic acids is 1. The van der Waals surface area contributed by atoms with Crippen LogP contribution in [0.3, 0.4) is 0 Å². The summed E-state index contributed by atoms with van der Waals surface area (Å²) in [6, 6.07) is 10.5. The normalized spacial score (nSPS) is 19.5. The quantitative estimate of drug-likeness (QED) is 0.873. The fourth-order valence-electron chi connectivity index (χ4n) is 3.75. The third-order valence-electron chi connectivity index (χ3n) is 5.05. The van der Waals surface area contributed by atoms with Crippen LogP contribution in [-0.2, 0) is 18.3 Å². The van der Waals surface area contributed by atoms with Gasteiger partial charge in [0.15, 0.2) is 0 Å². The molecule has 1 unspecified atom stereocenters. The molecule has 1 fully saturated rings. The summed E-state index contributed by atoms with van der Waals surface area (Å²) in [7, 11) is 1.93. The molecule has 4 heteroatoms. The van der Waals surface area contributed by atoms with Crippen molar-refractivity contribution in [1.29, 1.82) is 0 Å². The number of likely N-dealkylation sites (tertiary alicyclic amines) is 1. The largest absolute Gasteiger partial charge is 0.334 e. The van der Waals surface area contributed by atoms with Crippen molar-refractivity contribution in [3.05, 3.63) is 52.8 Å². The van der Waals surface area contributed by atoms with Crippen LogP contribution in [0.1, 0.15) is 42.4 Å². The maximum Gasteiger partial charge on any atom is 0.227 e. The van der Waals surface area contributed by atoms with E-state index in [2.05, 4.69) is 31.1 Å². The Balaban J connectivity index is 1.82. The highest BCUT2D eigenvalue weighted by Crippen LogP contribution is 2.48. The van der Waals surface area contributed by atoms with Gasteiger partial charge in [0.1, 0.15) is 0 Å². The molecule has 0 spiro atoms. The van der Waals surface area contributed by atoms with Crippen molar-refractivity contribution in [1.82, 2.24) is 14.7 Å². The van der Waals surface area contributed by atoms with Gasteiger partial charge in [-0.15, -0.1) is 0 Å². The molecule has 3 rings (SSSR count). The van der Waals surface area contributed by atoms with E-state index in [9.17, 15) is 4.79 Å². The molecule has 1 atom stereocenters. The second-order valence-electron chi connectivity index (χ2n) is 7.27. The first kappa shape index (κ1) is 15.8. The Hall–Kier alpha value is -2.10. The van der Waals surface area contributed by atoms with Crippen LogP contribution in [0.4, 0.5) is 0 Å². The Bertz CT molecular complexity index is 731. The first-order valence-electron chi connectivity index (χ1n) is 8.15. The minimum Gasteiger partial charge on any atom is -0.334 e. The molecule has 1 aliphatic rings. The van der Waals surface area contributed by atoms with Gasteiger partial charge in [0, 0.05) is 30.3 Å². The van der Waals surface area contributed by atoms with Gasteiger partial charge in [-0.1, -0.05) is 44.2 Å². The van der Waals surface area contributed by atoms with Crippen LogP contribution in [0, 0.1) is 19.3 Å². The standard InChI is InChI=1S/C19H25N3O/c1-13-16(14(2)21(5)20-13)11-17(23)22-12-19(3,4)18(22)15-9-7-6-8-10-15/h6-10,18H,11-12H2,1-5H3. The highest BCUT2D eigenvalue weighted by Gasteiger charge is 2.48. The van der Waals surface area contributed by atoms with Crippen molar-refractivity contribution in [3.63, 3.8) is 0 Å². The Labute approximate surface area is 138 Å². The summed E-state index contributed by atoms with van der Waals surface area (Å²) in [6.07, 6.45) is 0.435. The van der Waals surface area contributed by atoms with Crippen molar-refractivity contribution in [2.75, 3.05) is 6.54 Å². The van der Waals surface area contributed by atoms with E-state index in [-0.39, 0.29) is 17.4 Å². The number of aromatic nitrogens is 2. The molecule has 2 heterocycles. The number of hydrogen-bond donors (Lipinski definition) is 0. The van der Waals surface area contributed by atoms with Crippen LogP contribution in [0.5, 0.6) is 0 Å². The van der Waals surface area contributed by atoms with Gasteiger partial charge in [-0.05, 0) is 19.4 Å². The molecule has 122 valence electrons. The fourth-order valence-corrected chi connectivity index (χ4v) is 3.75. The monoisotopic (exact) mass is 311 g/mol. The van der Waals surface area contributed by atoms with Gasteiger partial charge in [-0.3, -0.25) is 9.48 Å². The van der Waals surface area contributed by atoms with Crippen LogP contribution in [0.25, 0.3) is 0 Å². The number of benzene rings is 1. The smallest absolute Gasteiger partial charge is 0.227 e. The molecule has 0 radical (unpaired) electrons. The lowest BCUT2D eigenvalue weighted by Gasteiger charge is -2.54. The average molecular weight is 311 g/mol. The average Bonchev–Trinajstić information content (AvgIpc) is 2.72. The minimum atomic E-state index is 0.121. The van der Waals surface area contributed by atoms with Gasteiger partial charge in [0.05, 0.1) is 18.2 Å². The Kier molecular flexibility index (Phi) is 3.78. The molecule has 1 aromatic carbocycles. The Morgan fingerprint density at radius 3 is 2.43 bits per heavy atom. The first-order chi connectivity index (χ1) is 10.8. The molecule has 1 amide bonds. The number of rotatable bonds is 3. The van der Waals surface area contributed by atoms with Crippen LogP contribution >= 0.6 is 0 Å². The molecule has 1 saturated heterocycles. The zero-order valence-corrected chi connectivity index (χ0v) is 14.6. The van der Waals surface area contributed by atoms with E-state index in [1.807, 2.05) is 48.7 Å². The minimum absolute atomic E-state index is 0.121. The molecule has 0 N–H and O–H groups in total. The predicted molar refractivity (Wildman–Crippen MR) is 91.1 cm³/mol. The zero-order chi connectivity index (χ0) is 16.8. The summed E-state index contributed by atoms with van der Waals surface area (Å²) in [5.41, 5.74) is 4.43. The van der Waals surface area contributed by atoms with Crippen LogP contribution < -0.4 is 0 Å². The summed E-state index contributed by atoms with van der Waals surface area (Å²) < 4.78 is 1.85. The molecule has 2 aromatic rings. The highest BCUT2D eigenvalue weighted by molar-refractivity contribution is 5.81. The molecule has 0 aliphatic carbocycles. The summed E-state index contributed by atoms with van der Waals surface area (Å²) in [4.78, 5) is 14.9. The second kappa shape index (κ2) is 5.52. The van der Waals surface area contributed by atoms with E-state index in [0.717, 1.165) is 23.5 Å². The van der Waals surface area contributed by atoms with Crippen molar-refractivity contribution < 1.29 is 4.79 Å². The van der Waals surface area contributed by atoms with Crippen molar-refractivity contribution in [3.8, 4) is 0 Å². The van der Waals surface area contributed by atoms with Gasteiger partial charge in [0.25, 0.3) is 0 Å². The second-order valence-corrected chi connectivity index (χ2v) is 7.27. The molecule has 1 aromatic heterocycles. The third-order valence-corrected chi connectivity index (χ3v) is 5.05. The van der Waals surface area contributed by atoms with E-state index in [1.165, 1.54) is 5.56 Å². The van der Waals surface area contributed by atoms with E-state index >= 15 is 0 Å². The third kappa shape index (κ3) is 2.67. The van der Waals surface area contributed by atoms with Gasteiger partial charge in [-0.25, -0.2) is 0 Å². The lowest BCUT2D eigenvalue weighted by molar-refractivity contribution is -0.151. The number of hydrogen-bond acceptors (Lipinski definition) is 2. The van der Waals surface area contributed by atoms with Crippen LogP contribution in [0.15, 0.2) is 30.3 Å². The van der Waals surface area contributed by atoms with Gasteiger partial charge < -0.3 is 4.90 Å². The van der Waals surface area contributed by atoms with Crippen molar-refractivity contribution >= 4 is 5.91 Å². The van der Waals surface area contributed by atoms with Crippen molar-refractivity contribution in [2.24, 2.45) is 12.5 Å². The summed E-state index contributed by atoms with van der Waals surface area (Å²) in [5, 5.41) is 4.42. The van der Waals surface area contributed by atoms with Gasteiger partial charge >= 0.3 is 0 Å². The van der Waals surface area contributed by atoms with E-state index in [1.54, 1.807) is 0 Å². The summed E-state index contributed by atoms with van der Waals surface area (Å²) >= 11 is 0. The Morgan fingerprint density at radius 2 is 1.91 bits per heavy atom. The van der Waals surface area contributed by atoms with Crippen LogP contribution in [0.2, 0.25) is 0 Å². The molecule has 1 aliphatic heterocycles. The van der Waals surface area contributed by atoms with Gasteiger partial charge in [0.2, 0.25) is 5.91 Å². The summed E-state index contributed by atoms with van der Waals surface area (Å²) in [5.74, 6) is 0.192. The Morgan fingerprint density at radius 1 is 1.26 bits per heavy atom. The topological polar surface area (TPSA) is 38.1 Å². The summed E-state index contributed by atoms with van der Waals surface area (Å²) in [6.45, 7) is 9.27. The maximum atomic E-state index is 12.9. The first-order valence-corrected chi connectivity index (χ1v) is 8.15. The number of amides is 1. The van der Waals surface area contributed by atoms with E-state index in [4.69, 9.17) is 0 Å².